The van der Waals surface area contributed by atoms with E-state index in [-0.39, 0.29) is 11.9 Å². The number of hydrogen-bond donors (Lipinski definition) is 1. The first-order valence-corrected chi connectivity index (χ1v) is 9.89. The Morgan fingerprint density at radius 3 is 2.46 bits per heavy atom. The molecule has 2 fully saturated rings. The van der Waals surface area contributed by atoms with Crippen LogP contribution in [0.1, 0.15) is 39.0 Å². The van der Waals surface area contributed by atoms with Crippen LogP contribution in [0.4, 0.5) is 5.69 Å². The van der Waals surface area contributed by atoms with Crippen LogP contribution in [0.3, 0.4) is 0 Å². The molecule has 6 heteroatoms. The van der Waals surface area contributed by atoms with Crippen molar-refractivity contribution in [1.29, 1.82) is 5.26 Å². The molecular weight excluding hydrogens is 348 g/mol. The fraction of sp³-hybridized carbons (Fsp3) is 0.600. The standard InChI is InChI=1S/C20H27ClN4O/c1-16(19(26)23-20(15-22)9-5-2-6-10-20)24-11-13-25(14-12-24)18-8-4-3-7-17(18)21/h3-4,7-8,16H,2,5-6,9-14H2,1H3,(H,23,26). The molecule has 1 saturated carbocycles. The van der Waals surface area contributed by atoms with E-state index >= 15 is 0 Å². The molecule has 1 heterocycles. The van der Waals surface area contributed by atoms with Crippen molar-refractivity contribution in [2.75, 3.05) is 31.1 Å². The second-order valence-electron chi connectivity index (χ2n) is 7.39. The average molecular weight is 375 g/mol. The molecule has 1 aromatic rings. The van der Waals surface area contributed by atoms with Gasteiger partial charge in [0.1, 0.15) is 5.54 Å². The number of hydrogen-bond acceptors (Lipinski definition) is 4. The molecule has 1 unspecified atom stereocenters. The molecule has 1 aliphatic carbocycles. The molecule has 2 aliphatic rings. The quantitative estimate of drug-likeness (QED) is 0.879. The Labute approximate surface area is 160 Å². The van der Waals surface area contributed by atoms with Crippen molar-refractivity contribution in [3.05, 3.63) is 29.3 Å². The van der Waals surface area contributed by atoms with Gasteiger partial charge in [-0.15, -0.1) is 0 Å². The largest absolute Gasteiger partial charge is 0.368 e. The van der Waals surface area contributed by atoms with E-state index in [1.165, 1.54) is 0 Å². The number of carbonyl (C=O) groups excluding carboxylic acids is 1. The Balaban J connectivity index is 1.56. The van der Waals surface area contributed by atoms with Crippen LogP contribution in [-0.2, 0) is 4.79 Å². The van der Waals surface area contributed by atoms with Crippen molar-refractivity contribution in [1.82, 2.24) is 10.2 Å². The number of carbonyl (C=O) groups is 1. The Hall–Kier alpha value is -1.77. The van der Waals surface area contributed by atoms with Gasteiger partial charge >= 0.3 is 0 Å². The molecule has 1 saturated heterocycles. The Bertz CT molecular complexity index is 673. The zero-order valence-corrected chi connectivity index (χ0v) is 16.1. The molecule has 0 aromatic heterocycles. The first-order chi connectivity index (χ1) is 12.5. The van der Waals surface area contributed by atoms with Crippen LogP contribution in [0.5, 0.6) is 0 Å². The van der Waals surface area contributed by atoms with Crippen LogP contribution in [0.2, 0.25) is 5.02 Å². The lowest BCUT2D eigenvalue weighted by molar-refractivity contribution is -0.127. The third-order valence-electron chi connectivity index (χ3n) is 5.72. The molecule has 0 bridgehead atoms. The van der Waals surface area contributed by atoms with Crippen molar-refractivity contribution in [2.24, 2.45) is 0 Å². The van der Waals surface area contributed by atoms with Crippen LogP contribution < -0.4 is 10.2 Å². The smallest absolute Gasteiger partial charge is 0.238 e. The molecule has 0 spiro atoms. The summed E-state index contributed by atoms with van der Waals surface area (Å²) in [6, 6.07) is 10.0. The van der Waals surface area contributed by atoms with Crippen LogP contribution in [-0.4, -0.2) is 48.6 Å². The van der Waals surface area contributed by atoms with Crippen LogP contribution >= 0.6 is 11.6 Å². The maximum Gasteiger partial charge on any atom is 0.238 e. The second kappa shape index (κ2) is 8.28. The summed E-state index contributed by atoms with van der Waals surface area (Å²) < 4.78 is 0. The first-order valence-electron chi connectivity index (χ1n) is 9.51. The van der Waals surface area contributed by atoms with Gasteiger partial charge in [0.25, 0.3) is 0 Å². The highest BCUT2D eigenvalue weighted by atomic mass is 35.5. The Kier molecular flexibility index (Phi) is 6.05. The molecule has 1 amide bonds. The van der Waals surface area contributed by atoms with E-state index in [1.54, 1.807) is 0 Å². The topological polar surface area (TPSA) is 59.4 Å². The molecule has 26 heavy (non-hydrogen) atoms. The summed E-state index contributed by atoms with van der Waals surface area (Å²) in [6.45, 7) is 5.22. The van der Waals surface area contributed by atoms with Gasteiger partial charge < -0.3 is 10.2 Å². The summed E-state index contributed by atoms with van der Waals surface area (Å²) in [5.74, 6) is -0.0281. The van der Waals surface area contributed by atoms with Gasteiger partial charge in [0.15, 0.2) is 0 Å². The van der Waals surface area contributed by atoms with Crippen LogP contribution in [0.15, 0.2) is 24.3 Å². The predicted octanol–water partition coefficient (Wildman–Crippen LogP) is 3.19. The minimum atomic E-state index is -0.664. The van der Waals surface area contributed by atoms with Crippen LogP contribution in [0, 0.1) is 11.3 Å². The van der Waals surface area contributed by atoms with Gasteiger partial charge in [-0.05, 0) is 31.9 Å². The van der Waals surface area contributed by atoms with Gasteiger partial charge in [-0.1, -0.05) is 43.0 Å². The molecule has 5 nitrogen and oxygen atoms in total. The normalized spacial score (nSPS) is 21.7. The van der Waals surface area contributed by atoms with Crippen molar-refractivity contribution < 1.29 is 4.79 Å². The lowest BCUT2D eigenvalue weighted by Crippen LogP contribution is -2.58. The fourth-order valence-electron chi connectivity index (χ4n) is 3.98. The summed E-state index contributed by atoms with van der Waals surface area (Å²) in [6.07, 6.45) is 4.71. The molecule has 3 rings (SSSR count). The summed E-state index contributed by atoms with van der Waals surface area (Å²) in [5.41, 5.74) is 0.389. The maximum absolute atomic E-state index is 12.7. The van der Waals surface area contributed by atoms with E-state index in [4.69, 9.17) is 11.6 Å². The molecule has 1 aromatic carbocycles. The number of amides is 1. The van der Waals surface area contributed by atoms with Crippen LogP contribution in [0.25, 0.3) is 0 Å². The van der Waals surface area contributed by atoms with Gasteiger partial charge in [0, 0.05) is 26.2 Å². The molecule has 1 atom stereocenters. The molecular formula is C20H27ClN4O. The van der Waals surface area contributed by atoms with E-state index in [2.05, 4.69) is 21.2 Å². The molecule has 140 valence electrons. The first kappa shape index (κ1) is 19.0. The number of benzene rings is 1. The number of nitrogens with one attached hydrogen (secondary N) is 1. The SMILES string of the molecule is CC(C(=O)NC1(C#N)CCCCC1)N1CCN(c2ccccc2Cl)CC1. The minimum Gasteiger partial charge on any atom is -0.368 e. The van der Waals surface area contributed by atoms with Gasteiger partial charge in [0.2, 0.25) is 5.91 Å². The highest BCUT2D eigenvalue weighted by Gasteiger charge is 2.36. The number of anilines is 1. The lowest BCUT2D eigenvalue weighted by Gasteiger charge is -2.40. The highest BCUT2D eigenvalue weighted by Crippen LogP contribution is 2.28. The number of rotatable bonds is 4. The number of halogens is 1. The number of nitriles is 1. The average Bonchev–Trinajstić information content (AvgIpc) is 2.68. The van der Waals surface area contributed by atoms with E-state index in [0.29, 0.717) is 0 Å². The highest BCUT2D eigenvalue weighted by molar-refractivity contribution is 6.33. The van der Waals surface area contributed by atoms with Crippen molar-refractivity contribution in [2.45, 2.75) is 50.6 Å². The zero-order chi connectivity index (χ0) is 18.6. The van der Waals surface area contributed by atoms with Gasteiger partial charge in [-0.2, -0.15) is 5.26 Å². The maximum atomic E-state index is 12.7. The molecule has 0 radical (unpaired) electrons. The third-order valence-corrected chi connectivity index (χ3v) is 6.04. The van der Waals surface area contributed by atoms with Gasteiger partial charge in [-0.3, -0.25) is 9.69 Å². The fourth-order valence-corrected chi connectivity index (χ4v) is 4.24. The third kappa shape index (κ3) is 4.13. The van der Waals surface area contributed by atoms with Gasteiger partial charge in [-0.25, -0.2) is 0 Å². The Morgan fingerprint density at radius 1 is 1.19 bits per heavy atom. The Morgan fingerprint density at radius 2 is 1.85 bits per heavy atom. The van der Waals surface area contributed by atoms with E-state index in [9.17, 15) is 10.1 Å². The number of para-hydroxylation sites is 1. The number of nitrogens with zero attached hydrogens (tertiary/aromatic N) is 3. The molecule has 1 aliphatic heterocycles. The summed E-state index contributed by atoms with van der Waals surface area (Å²) in [4.78, 5) is 17.2. The monoisotopic (exact) mass is 374 g/mol. The summed E-state index contributed by atoms with van der Waals surface area (Å²) >= 11 is 6.30. The van der Waals surface area contributed by atoms with E-state index in [0.717, 1.165) is 69.0 Å². The van der Waals surface area contributed by atoms with E-state index in [1.807, 2.05) is 31.2 Å². The summed E-state index contributed by atoms with van der Waals surface area (Å²) in [5, 5.41) is 13.4. The zero-order valence-electron chi connectivity index (χ0n) is 15.4. The van der Waals surface area contributed by atoms with Crippen molar-refractivity contribution in [3.63, 3.8) is 0 Å². The lowest BCUT2D eigenvalue weighted by atomic mass is 9.82. The van der Waals surface area contributed by atoms with E-state index < -0.39 is 5.54 Å². The number of piperazine rings is 1. The van der Waals surface area contributed by atoms with Crippen molar-refractivity contribution in [3.8, 4) is 6.07 Å². The second-order valence-corrected chi connectivity index (χ2v) is 7.80. The predicted molar refractivity (Wildman–Crippen MR) is 104 cm³/mol. The van der Waals surface area contributed by atoms with Crippen molar-refractivity contribution >= 4 is 23.2 Å². The summed E-state index contributed by atoms with van der Waals surface area (Å²) in [7, 11) is 0. The van der Waals surface area contributed by atoms with Gasteiger partial charge in [0.05, 0.1) is 22.8 Å². The minimum absolute atomic E-state index is 0.0281. The molecule has 1 N–H and O–H groups in total.